The van der Waals surface area contributed by atoms with Gasteiger partial charge in [0.15, 0.2) is 0 Å². The Morgan fingerprint density at radius 2 is 1.86 bits per heavy atom. The molecule has 2 saturated heterocycles. The average Bonchev–Trinajstić information content (AvgIpc) is 2.75. The predicted octanol–water partition coefficient (Wildman–Crippen LogP) is 0.502. The van der Waals surface area contributed by atoms with Gasteiger partial charge >= 0.3 is 5.69 Å². The number of piperazine rings is 1. The molecule has 12 heteroatoms. The predicted molar refractivity (Wildman–Crippen MR) is 111 cm³/mol. The van der Waals surface area contributed by atoms with Gasteiger partial charge in [0, 0.05) is 67.8 Å². The van der Waals surface area contributed by atoms with Crippen LogP contribution in [0.25, 0.3) is 0 Å². The summed E-state index contributed by atoms with van der Waals surface area (Å²) >= 11 is 0. The van der Waals surface area contributed by atoms with Crippen LogP contribution in [-0.4, -0.2) is 74.9 Å². The number of hydrogen-bond donors (Lipinski definition) is 2. The fourth-order valence-corrected chi connectivity index (χ4v) is 4.37. The lowest BCUT2D eigenvalue weighted by Crippen LogP contribution is -2.45. The third-order valence-electron chi connectivity index (χ3n) is 4.82. The number of pyridine rings is 1. The summed E-state index contributed by atoms with van der Waals surface area (Å²) in [5.41, 5.74) is -0.192. The number of anilines is 4. The Bertz CT molecular complexity index is 897. The van der Waals surface area contributed by atoms with Crippen molar-refractivity contribution in [3.05, 3.63) is 34.5 Å². The SMILES string of the molecule is O=[N+]([O-])c1c(Nc2ccccn2)nc(N2CCNCC2)nc1N1CCS(=O)CC1. The van der Waals surface area contributed by atoms with E-state index in [9.17, 15) is 14.3 Å². The van der Waals surface area contributed by atoms with E-state index in [1.807, 2.05) is 9.80 Å². The number of nitrogens with one attached hydrogen (secondary N) is 2. The highest BCUT2D eigenvalue weighted by molar-refractivity contribution is 7.85. The van der Waals surface area contributed by atoms with Crippen LogP contribution < -0.4 is 20.4 Å². The molecule has 2 N–H and O–H groups in total. The maximum Gasteiger partial charge on any atom is 0.353 e. The van der Waals surface area contributed by atoms with Crippen LogP contribution in [0.3, 0.4) is 0 Å². The van der Waals surface area contributed by atoms with Gasteiger partial charge in [-0.1, -0.05) is 6.07 Å². The Morgan fingerprint density at radius 1 is 1.10 bits per heavy atom. The van der Waals surface area contributed by atoms with Gasteiger partial charge in [0.25, 0.3) is 0 Å². The number of rotatable bonds is 5. The molecule has 0 spiro atoms. The van der Waals surface area contributed by atoms with Crippen LogP contribution in [0.2, 0.25) is 0 Å². The summed E-state index contributed by atoms with van der Waals surface area (Å²) in [5.74, 6) is 2.20. The summed E-state index contributed by atoms with van der Waals surface area (Å²) in [6.07, 6.45) is 1.60. The first kappa shape index (κ1) is 19.5. The largest absolute Gasteiger partial charge is 0.353 e. The molecule has 2 aliphatic heterocycles. The van der Waals surface area contributed by atoms with E-state index in [4.69, 9.17) is 0 Å². The highest BCUT2D eigenvalue weighted by Gasteiger charge is 2.32. The zero-order valence-corrected chi connectivity index (χ0v) is 16.6. The lowest BCUT2D eigenvalue weighted by molar-refractivity contribution is -0.383. The van der Waals surface area contributed by atoms with Crippen molar-refractivity contribution in [2.45, 2.75) is 0 Å². The summed E-state index contributed by atoms with van der Waals surface area (Å²) in [7, 11) is -0.898. The van der Waals surface area contributed by atoms with Crippen molar-refractivity contribution < 1.29 is 9.13 Å². The summed E-state index contributed by atoms with van der Waals surface area (Å²) in [6.45, 7) is 3.92. The molecule has 0 saturated carbocycles. The number of aromatic nitrogens is 3. The second-order valence-electron chi connectivity index (χ2n) is 6.71. The molecule has 0 unspecified atom stereocenters. The van der Waals surface area contributed by atoms with Crippen LogP contribution in [0, 0.1) is 10.1 Å². The van der Waals surface area contributed by atoms with Gasteiger partial charge in [0.2, 0.25) is 17.6 Å². The van der Waals surface area contributed by atoms with Crippen molar-refractivity contribution in [3.8, 4) is 0 Å². The Kier molecular flexibility index (Phi) is 5.81. The van der Waals surface area contributed by atoms with Gasteiger partial charge in [-0.15, -0.1) is 0 Å². The molecule has 0 amide bonds. The van der Waals surface area contributed by atoms with Crippen molar-refractivity contribution in [2.24, 2.45) is 0 Å². The molecule has 2 aliphatic rings. The molecule has 4 heterocycles. The molecule has 0 bridgehead atoms. The zero-order valence-electron chi connectivity index (χ0n) is 15.8. The van der Waals surface area contributed by atoms with Crippen LogP contribution in [0.15, 0.2) is 24.4 Å². The molecule has 0 aliphatic carbocycles. The summed E-state index contributed by atoms with van der Waals surface area (Å²) < 4.78 is 11.8. The molecule has 0 radical (unpaired) electrons. The fraction of sp³-hybridized carbons (Fsp3) is 0.471. The Morgan fingerprint density at radius 3 is 2.52 bits per heavy atom. The number of nitro groups is 1. The van der Waals surface area contributed by atoms with E-state index in [2.05, 4.69) is 25.6 Å². The lowest BCUT2D eigenvalue weighted by atomic mass is 10.3. The van der Waals surface area contributed by atoms with E-state index >= 15 is 0 Å². The molecule has 2 aromatic rings. The molecule has 2 fully saturated rings. The Hall–Kier alpha value is -2.86. The normalized spacial score (nSPS) is 17.9. The monoisotopic (exact) mass is 418 g/mol. The van der Waals surface area contributed by atoms with E-state index in [1.54, 1.807) is 24.4 Å². The summed E-state index contributed by atoms with van der Waals surface area (Å²) in [4.78, 5) is 28.6. The highest BCUT2D eigenvalue weighted by Crippen LogP contribution is 2.36. The van der Waals surface area contributed by atoms with E-state index < -0.39 is 15.7 Å². The van der Waals surface area contributed by atoms with Crippen LogP contribution >= 0.6 is 0 Å². The first-order chi connectivity index (χ1) is 14.1. The van der Waals surface area contributed by atoms with Crippen molar-refractivity contribution in [2.75, 3.05) is 65.9 Å². The van der Waals surface area contributed by atoms with Gasteiger partial charge in [-0.05, 0) is 12.1 Å². The van der Waals surface area contributed by atoms with Gasteiger partial charge in [0.1, 0.15) is 5.82 Å². The van der Waals surface area contributed by atoms with E-state index in [1.165, 1.54) is 0 Å². The fourth-order valence-electron chi connectivity index (χ4n) is 3.32. The maximum absolute atomic E-state index is 12.0. The van der Waals surface area contributed by atoms with Crippen molar-refractivity contribution in [1.82, 2.24) is 20.3 Å². The smallest absolute Gasteiger partial charge is 0.349 e. The highest BCUT2D eigenvalue weighted by atomic mass is 32.2. The molecule has 0 aromatic carbocycles. The molecular weight excluding hydrogens is 396 g/mol. The maximum atomic E-state index is 12.0. The van der Waals surface area contributed by atoms with Crippen molar-refractivity contribution in [1.29, 1.82) is 0 Å². The van der Waals surface area contributed by atoms with E-state index in [0.29, 0.717) is 49.5 Å². The van der Waals surface area contributed by atoms with Gasteiger partial charge in [-0.25, -0.2) is 4.98 Å². The molecule has 11 nitrogen and oxygen atoms in total. The summed E-state index contributed by atoms with van der Waals surface area (Å²) in [6, 6.07) is 5.28. The topological polar surface area (TPSA) is 129 Å². The first-order valence-electron chi connectivity index (χ1n) is 9.42. The molecular formula is C17H22N8O3S. The van der Waals surface area contributed by atoms with E-state index in [-0.39, 0.29) is 17.3 Å². The van der Waals surface area contributed by atoms with Crippen LogP contribution in [0.1, 0.15) is 0 Å². The molecule has 2 aromatic heterocycles. The number of hydrogen-bond acceptors (Lipinski definition) is 10. The van der Waals surface area contributed by atoms with Gasteiger partial charge < -0.3 is 20.4 Å². The van der Waals surface area contributed by atoms with Crippen molar-refractivity contribution in [3.63, 3.8) is 0 Å². The zero-order chi connectivity index (χ0) is 20.2. The Labute approximate surface area is 170 Å². The van der Waals surface area contributed by atoms with Crippen LogP contribution in [0.5, 0.6) is 0 Å². The number of nitrogens with zero attached hydrogens (tertiary/aromatic N) is 6. The minimum Gasteiger partial charge on any atom is -0.349 e. The van der Waals surface area contributed by atoms with Crippen LogP contribution in [-0.2, 0) is 10.8 Å². The third kappa shape index (κ3) is 4.43. The second kappa shape index (κ2) is 8.66. The lowest BCUT2D eigenvalue weighted by Gasteiger charge is -2.31. The molecule has 29 heavy (non-hydrogen) atoms. The summed E-state index contributed by atoms with van der Waals surface area (Å²) in [5, 5.41) is 18.2. The first-order valence-corrected chi connectivity index (χ1v) is 10.9. The van der Waals surface area contributed by atoms with Crippen molar-refractivity contribution >= 4 is 39.9 Å². The minimum atomic E-state index is -0.898. The standard InChI is InChI=1S/C17H22N8O3S/c26-25(27)14-15(20-13-3-1-2-4-19-13)21-17(24-7-5-18-6-8-24)22-16(14)23-9-11-29(28)12-10-23/h1-4,18H,5-12H2,(H,19,20,21,22). The Balaban J connectivity index is 1.79. The van der Waals surface area contributed by atoms with Gasteiger partial charge in [-0.3, -0.25) is 14.3 Å². The molecule has 154 valence electrons. The average molecular weight is 418 g/mol. The second-order valence-corrected chi connectivity index (χ2v) is 8.41. The molecule has 0 atom stereocenters. The molecule has 4 rings (SSSR count). The minimum absolute atomic E-state index is 0.110. The van der Waals surface area contributed by atoms with Gasteiger partial charge in [-0.2, -0.15) is 9.97 Å². The van der Waals surface area contributed by atoms with Crippen LogP contribution in [0.4, 0.5) is 29.1 Å². The third-order valence-corrected chi connectivity index (χ3v) is 6.10. The van der Waals surface area contributed by atoms with Gasteiger partial charge in [0.05, 0.1) is 4.92 Å². The van der Waals surface area contributed by atoms with E-state index in [0.717, 1.165) is 13.1 Å². The quantitative estimate of drug-likeness (QED) is 0.523.